The first-order chi connectivity index (χ1) is 7.15. The van der Waals surface area contributed by atoms with Crippen molar-refractivity contribution in [1.29, 1.82) is 0 Å². The Bertz CT molecular complexity index is 220. The number of unbranched alkanes of at least 4 members (excludes halogenated alkanes) is 3. The number of epoxide rings is 1. The van der Waals surface area contributed by atoms with Crippen LogP contribution in [0.2, 0.25) is 0 Å². The molecule has 0 radical (unpaired) electrons. The van der Waals surface area contributed by atoms with Crippen LogP contribution in [0.5, 0.6) is 0 Å². The minimum Gasteiger partial charge on any atom is -0.463 e. The minimum atomic E-state index is -1.16. The molecule has 1 aliphatic rings. The third-order valence-corrected chi connectivity index (χ3v) is 3.03. The summed E-state index contributed by atoms with van der Waals surface area (Å²) in [5, 5.41) is -1.16. The van der Waals surface area contributed by atoms with Crippen molar-refractivity contribution >= 4 is 17.6 Å². The number of hydrogen-bond acceptors (Lipinski definition) is 3. The van der Waals surface area contributed by atoms with Gasteiger partial charge in [-0.1, -0.05) is 44.2 Å². The molecule has 0 N–H and O–H groups in total. The maximum absolute atomic E-state index is 11.3. The zero-order valence-corrected chi connectivity index (χ0v) is 10.2. The van der Waals surface area contributed by atoms with Crippen molar-refractivity contribution < 1.29 is 14.3 Å². The minimum absolute atomic E-state index is 0.143. The van der Waals surface area contributed by atoms with Gasteiger partial charge in [-0.2, -0.15) is 0 Å². The first-order valence-electron chi connectivity index (χ1n) is 5.69. The van der Waals surface area contributed by atoms with Gasteiger partial charge in [0.2, 0.25) is 0 Å². The molecule has 0 aromatic rings. The first kappa shape index (κ1) is 12.8. The maximum Gasteiger partial charge on any atom is 0.357 e. The van der Waals surface area contributed by atoms with E-state index in [1.165, 1.54) is 19.3 Å². The maximum atomic E-state index is 11.3. The lowest BCUT2D eigenvalue weighted by molar-refractivity contribution is -0.146. The van der Waals surface area contributed by atoms with Crippen molar-refractivity contribution in [1.82, 2.24) is 0 Å². The number of carbonyl (C=O) groups excluding carboxylic acids is 1. The van der Waals surface area contributed by atoms with Crippen LogP contribution in [0.4, 0.5) is 0 Å². The molecule has 2 unspecified atom stereocenters. The Kier molecular flexibility index (Phi) is 4.87. The van der Waals surface area contributed by atoms with Crippen molar-refractivity contribution in [2.75, 3.05) is 6.61 Å². The molecular formula is C11H19ClO3. The Balaban J connectivity index is 2.17. The van der Waals surface area contributed by atoms with Gasteiger partial charge in [0.1, 0.15) is 6.10 Å². The fraction of sp³-hybridized carbons (Fsp3) is 0.909. The lowest BCUT2D eigenvalue weighted by Crippen LogP contribution is -2.23. The Morgan fingerprint density at radius 1 is 1.40 bits per heavy atom. The summed E-state index contributed by atoms with van der Waals surface area (Å²) in [7, 11) is 0. The lowest BCUT2D eigenvalue weighted by atomic mass is 10.1. The van der Waals surface area contributed by atoms with E-state index < -0.39 is 11.0 Å². The molecule has 88 valence electrons. The van der Waals surface area contributed by atoms with Gasteiger partial charge in [-0.3, -0.25) is 0 Å². The van der Waals surface area contributed by atoms with E-state index in [4.69, 9.17) is 21.1 Å². The standard InChI is InChI=1S/C11H19ClO3/c1-3-5-6-7-8-9-11(12,15-9)10(13)14-4-2/h9H,3-8H2,1-2H3. The number of hydrogen-bond donors (Lipinski definition) is 0. The number of rotatable bonds is 7. The SMILES string of the molecule is CCCCCCC1OC1(Cl)C(=O)OCC. The average molecular weight is 235 g/mol. The van der Waals surface area contributed by atoms with E-state index in [9.17, 15) is 4.79 Å². The normalized spacial score (nSPS) is 28.9. The number of esters is 1. The summed E-state index contributed by atoms with van der Waals surface area (Å²) in [6.07, 6.45) is 5.37. The van der Waals surface area contributed by atoms with Crippen LogP contribution in [0.3, 0.4) is 0 Å². The van der Waals surface area contributed by atoms with Crippen molar-refractivity contribution in [3.05, 3.63) is 0 Å². The number of halogens is 1. The van der Waals surface area contributed by atoms with E-state index in [1.807, 2.05) is 0 Å². The van der Waals surface area contributed by atoms with Crippen molar-refractivity contribution in [3.63, 3.8) is 0 Å². The molecule has 0 bridgehead atoms. The van der Waals surface area contributed by atoms with E-state index in [-0.39, 0.29) is 6.10 Å². The topological polar surface area (TPSA) is 38.8 Å². The second-order valence-corrected chi connectivity index (χ2v) is 4.38. The number of alkyl halides is 1. The zero-order valence-electron chi connectivity index (χ0n) is 9.42. The van der Waals surface area contributed by atoms with Crippen LogP contribution in [0.25, 0.3) is 0 Å². The molecule has 1 heterocycles. The smallest absolute Gasteiger partial charge is 0.357 e. The van der Waals surface area contributed by atoms with Gasteiger partial charge in [-0.25, -0.2) is 4.79 Å². The van der Waals surface area contributed by atoms with Crippen LogP contribution in [0.15, 0.2) is 0 Å². The van der Waals surface area contributed by atoms with Crippen LogP contribution in [0, 0.1) is 0 Å². The summed E-state index contributed by atoms with van der Waals surface area (Å²) in [5.74, 6) is -0.438. The van der Waals surface area contributed by atoms with Crippen molar-refractivity contribution in [2.24, 2.45) is 0 Å². The van der Waals surface area contributed by atoms with Crippen LogP contribution in [-0.2, 0) is 14.3 Å². The summed E-state index contributed by atoms with van der Waals surface area (Å²) in [6.45, 7) is 4.27. The fourth-order valence-corrected chi connectivity index (χ4v) is 1.85. The Morgan fingerprint density at radius 2 is 2.13 bits per heavy atom. The van der Waals surface area contributed by atoms with Gasteiger partial charge >= 0.3 is 5.97 Å². The highest BCUT2D eigenvalue weighted by Gasteiger charge is 2.62. The molecule has 0 saturated carbocycles. The van der Waals surface area contributed by atoms with Gasteiger partial charge in [0.25, 0.3) is 5.06 Å². The van der Waals surface area contributed by atoms with E-state index in [2.05, 4.69) is 6.92 Å². The number of ether oxygens (including phenoxy) is 2. The monoisotopic (exact) mass is 234 g/mol. The van der Waals surface area contributed by atoms with E-state index in [0.29, 0.717) is 6.61 Å². The molecule has 0 amide bonds. The highest BCUT2D eigenvalue weighted by Crippen LogP contribution is 2.44. The molecule has 15 heavy (non-hydrogen) atoms. The van der Waals surface area contributed by atoms with Gasteiger partial charge < -0.3 is 9.47 Å². The molecule has 1 fully saturated rings. The highest BCUT2D eigenvalue weighted by molar-refractivity contribution is 6.35. The summed E-state index contributed by atoms with van der Waals surface area (Å²) in [4.78, 5) is 11.3. The summed E-state index contributed by atoms with van der Waals surface area (Å²) in [6, 6.07) is 0. The third kappa shape index (κ3) is 3.35. The molecule has 0 aromatic heterocycles. The van der Waals surface area contributed by atoms with Gasteiger partial charge in [-0.05, 0) is 13.3 Å². The van der Waals surface area contributed by atoms with Crippen molar-refractivity contribution in [3.8, 4) is 0 Å². The van der Waals surface area contributed by atoms with E-state index >= 15 is 0 Å². The van der Waals surface area contributed by atoms with Crippen LogP contribution in [0.1, 0.15) is 46.0 Å². The Morgan fingerprint density at radius 3 is 2.73 bits per heavy atom. The fourth-order valence-electron chi connectivity index (χ4n) is 1.58. The molecule has 1 rings (SSSR count). The molecule has 4 heteroatoms. The summed E-state index contributed by atoms with van der Waals surface area (Å²) >= 11 is 5.96. The van der Waals surface area contributed by atoms with Gasteiger partial charge in [-0.15, -0.1) is 0 Å². The molecular weight excluding hydrogens is 216 g/mol. The van der Waals surface area contributed by atoms with Gasteiger partial charge in [0.05, 0.1) is 6.61 Å². The molecule has 0 aromatic carbocycles. The van der Waals surface area contributed by atoms with Crippen LogP contribution < -0.4 is 0 Å². The molecule has 3 nitrogen and oxygen atoms in total. The molecule has 2 atom stereocenters. The van der Waals surface area contributed by atoms with Gasteiger partial charge in [0, 0.05) is 0 Å². The molecule has 1 aliphatic heterocycles. The lowest BCUT2D eigenvalue weighted by Gasteiger charge is -2.03. The predicted octanol–water partition coefficient (Wildman–Crippen LogP) is 2.85. The molecule has 0 aliphatic carbocycles. The highest BCUT2D eigenvalue weighted by atomic mass is 35.5. The summed E-state index contributed by atoms with van der Waals surface area (Å²) < 4.78 is 10.0. The van der Waals surface area contributed by atoms with Crippen molar-refractivity contribution in [2.45, 2.75) is 57.1 Å². The Labute approximate surface area is 96.1 Å². The van der Waals surface area contributed by atoms with E-state index in [0.717, 1.165) is 12.8 Å². The van der Waals surface area contributed by atoms with Crippen LogP contribution in [-0.4, -0.2) is 23.7 Å². The van der Waals surface area contributed by atoms with Gasteiger partial charge in [0.15, 0.2) is 0 Å². The second-order valence-electron chi connectivity index (χ2n) is 3.82. The molecule has 1 saturated heterocycles. The second kappa shape index (κ2) is 5.71. The predicted molar refractivity (Wildman–Crippen MR) is 58.8 cm³/mol. The first-order valence-corrected chi connectivity index (χ1v) is 6.06. The zero-order chi connectivity index (χ0) is 11.3. The summed E-state index contributed by atoms with van der Waals surface area (Å²) in [5.41, 5.74) is 0. The molecule has 0 spiro atoms. The Hall–Kier alpha value is -0.280. The largest absolute Gasteiger partial charge is 0.463 e. The quantitative estimate of drug-likeness (QED) is 0.294. The van der Waals surface area contributed by atoms with E-state index in [1.54, 1.807) is 6.92 Å². The van der Waals surface area contributed by atoms with Crippen LogP contribution >= 0.6 is 11.6 Å². The average Bonchev–Trinajstić information content (AvgIpc) is 2.87. The number of carbonyl (C=O) groups is 1. The third-order valence-electron chi connectivity index (χ3n) is 2.54.